The molecular weight excluding hydrogens is 316 g/mol. The predicted octanol–water partition coefficient (Wildman–Crippen LogP) is 4.80. The highest BCUT2D eigenvalue weighted by Crippen LogP contribution is 2.01. The summed E-state index contributed by atoms with van der Waals surface area (Å²) in [6.07, 6.45) is 23.9. The molecule has 1 atom stereocenters. The predicted molar refractivity (Wildman–Crippen MR) is 106 cm³/mol. The number of allylic oxidation sites excluding steroid dienone is 8. The van der Waals surface area contributed by atoms with Gasteiger partial charge in [-0.25, -0.2) is 0 Å². The third kappa shape index (κ3) is 30.7. The molecule has 0 radical (unpaired) electrons. The number of carboxylic acids is 1. The van der Waals surface area contributed by atoms with Gasteiger partial charge in [-0.3, -0.25) is 4.79 Å². The van der Waals surface area contributed by atoms with Gasteiger partial charge in [0.05, 0.1) is 12.7 Å². The average molecular weight is 353 g/mol. The van der Waals surface area contributed by atoms with Crippen molar-refractivity contribution >= 4 is 5.97 Å². The smallest absolute Gasteiger partial charge is 0.303 e. The van der Waals surface area contributed by atoms with Gasteiger partial charge in [-0.05, 0) is 51.9 Å². The molecule has 0 fully saturated rings. The Hall–Kier alpha value is -1.65. The van der Waals surface area contributed by atoms with Crippen LogP contribution in [0.5, 0.6) is 0 Å². The van der Waals surface area contributed by atoms with Crippen LogP contribution in [0.25, 0.3) is 0 Å². The van der Waals surface area contributed by atoms with E-state index in [4.69, 9.17) is 15.3 Å². The van der Waals surface area contributed by atoms with Gasteiger partial charge < -0.3 is 15.3 Å². The van der Waals surface area contributed by atoms with Crippen molar-refractivity contribution in [1.82, 2.24) is 0 Å². The molecule has 4 heteroatoms. The molecule has 0 amide bonds. The van der Waals surface area contributed by atoms with Crippen molar-refractivity contribution in [3.05, 3.63) is 48.6 Å². The number of carboxylic acid groups (broad SMARTS) is 1. The zero-order chi connectivity index (χ0) is 19.2. The molecule has 0 saturated heterocycles. The first-order valence-corrected chi connectivity index (χ1v) is 9.15. The molecule has 0 aromatic heterocycles. The van der Waals surface area contributed by atoms with E-state index in [0.717, 1.165) is 44.9 Å². The lowest BCUT2D eigenvalue weighted by atomic mass is 10.2. The maximum absolute atomic E-state index is 10.3. The molecule has 25 heavy (non-hydrogen) atoms. The normalized spacial score (nSPS) is 13.0. The Kier molecular flexibility index (Phi) is 22.9. The van der Waals surface area contributed by atoms with Gasteiger partial charge in [-0.2, -0.15) is 0 Å². The largest absolute Gasteiger partial charge is 0.481 e. The van der Waals surface area contributed by atoms with Crippen molar-refractivity contribution < 1.29 is 20.1 Å². The SMILES string of the molecule is CC(O)CO.CC/C=C\C/C=C\C/C=C\C/C=C\CCCCC(=O)O. The van der Waals surface area contributed by atoms with Crippen LogP contribution in [0.1, 0.15) is 65.2 Å². The van der Waals surface area contributed by atoms with Gasteiger partial charge >= 0.3 is 5.97 Å². The van der Waals surface area contributed by atoms with E-state index in [0.29, 0.717) is 0 Å². The average Bonchev–Trinajstić information content (AvgIpc) is 2.58. The number of aliphatic hydroxyl groups is 2. The minimum Gasteiger partial charge on any atom is -0.481 e. The Morgan fingerprint density at radius 3 is 1.72 bits per heavy atom. The molecule has 0 aliphatic carbocycles. The van der Waals surface area contributed by atoms with Crippen LogP contribution in [0.2, 0.25) is 0 Å². The van der Waals surface area contributed by atoms with E-state index in [2.05, 4.69) is 55.5 Å². The Balaban J connectivity index is 0. The van der Waals surface area contributed by atoms with E-state index in [-0.39, 0.29) is 13.0 Å². The summed E-state index contributed by atoms with van der Waals surface area (Å²) in [5.41, 5.74) is 0. The lowest BCUT2D eigenvalue weighted by Gasteiger charge is -1.92. The minimum atomic E-state index is -0.699. The van der Waals surface area contributed by atoms with Crippen LogP contribution in [0.4, 0.5) is 0 Å². The van der Waals surface area contributed by atoms with Crippen molar-refractivity contribution in [2.24, 2.45) is 0 Å². The van der Waals surface area contributed by atoms with E-state index < -0.39 is 12.1 Å². The first kappa shape index (κ1) is 25.6. The second-order valence-corrected chi connectivity index (χ2v) is 5.67. The maximum Gasteiger partial charge on any atom is 0.303 e. The Morgan fingerprint density at radius 1 is 0.880 bits per heavy atom. The van der Waals surface area contributed by atoms with Crippen LogP contribution in [0.3, 0.4) is 0 Å². The second kappa shape index (κ2) is 22.4. The molecule has 0 heterocycles. The summed E-state index contributed by atoms with van der Waals surface area (Å²) in [5.74, 6) is -0.699. The number of unbranched alkanes of at least 4 members (excludes halogenated alkanes) is 2. The van der Waals surface area contributed by atoms with Crippen molar-refractivity contribution in [3.8, 4) is 0 Å². The van der Waals surface area contributed by atoms with Gasteiger partial charge in [0.1, 0.15) is 0 Å². The minimum absolute atomic E-state index is 0.139. The first-order valence-electron chi connectivity index (χ1n) is 9.15. The number of aliphatic carboxylic acids is 1. The third-order valence-corrected chi connectivity index (χ3v) is 2.99. The highest BCUT2D eigenvalue weighted by Gasteiger charge is 1.93. The Bertz CT molecular complexity index is 393. The summed E-state index contributed by atoms with van der Waals surface area (Å²) in [7, 11) is 0. The van der Waals surface area contributed by atoms with Crippen molar-refractivity contribution in [3.63, 3.8) is 0 Å². The van der Waals surface area contributed by atoms with Gasteiger partial charge in [0.15, 0.2) is 0 Å². The molecule has 3 N–H and O–H groups in total. The molecule has 0 rings (SSSR count). The summed E-state index contributed by atoms with van der Waals surface area (Å²) in [5, 5.41) is 24.5. The summed E-state index contributed by atoms with van der Waals surface area (Å²) >= 11 is 0. The van der Waals surface area contributed by atoms with Crippen LogP contribution in [-0.2, 0) is 4.79 Å². The highest BCUT2D eigenvalue weighted by atomic mass is 16.4. The van der Waals surface area contributed by atoms with Gasteiger partial charge in [0.25, 0.3) is 0 Å². The fraction of sp³-hybridized carbons (Fsp3) is 0.571. The second-order valence-electron chi connectivity index (χ2n) is 5.67. The monoisotopic (exact) mass is 352 g/mol. The van der Waals surface area contributed by atoms with Gasteiger partial charge in [-0.15, -0.1) is 0 Å². The zero-order valence-corrected chi connectivity index (χ0v) is 15.8. The van der Waals surface area contributed by atoms with E-state index in [1.807, 2.05) is 0 Å². The Labute approximate surface area is 153 Å². The molecule has 0 saturated carbocycles. The molecular formula is C21H36O4. The molecule has 0 aromatic rings. The fourth-order valence-electron chi connectivity index (χ4n) is 1.64. The van der Waals surface area contributed by atoms with E-state index in [1.54, 1.807) is 0 Å². The highest BCUT2D eigenvalue weighted by molar-refractivity contribution is 5.66. The fourth-order valence-corrected chi connectivity index (χ4v) is 1.64. The molecule has 1 unspecified atom stereocenters. The van der Waals surface area contributed by atoms with E-state index in [1.165, 1.54) is 6.92 Å². The van der Waals surface area contributed by atoms with Gasteiger partial charge in [0.2, 0.25) is 0 Å². The Morgan fingerprint density at radius 2 is 1.32 bits per heavy atom. The maximum atomic E-state index is 10.3. The molecule has 0 aliphatic heterocycles. The van der Waals surface area contributed by atoms with E-state index >= 15 is 0 Å². The topological polar surface area (TPSA) is 77.8 Å². The summed E-state index contributed by atoms with van der Waals surface area (Å²) in [6, 6.07) is 0. The van der Waals surface area contributed by atoms with Crippen LogP contribution in [0.15, 0.2) is 48.6 Å². The van der Waals surface area contributed by atoms with Crippen molar-refractivity contribution in [1.29, 1.82) is 0 Å². The molecule has 4 nitrogen and oxygen atoms in total. The van der Waals surface area contributed by atoms with Gasteiger partial charge in [-0.1, -0.05) is 55.5 Å². The van der Waals surface area contributed by atoms with Gasteiger partial charge in [0, 0.05) is 6.42 Å². The molecule has 0 spiro atoms. The summed E-state index contributed by atoms with van der Waals surface area (Å²) in [6.45, 7) is 3.53. The quantitative estimate of drug-likeness (QED) is 0.329. The van der Waals surface area contributed by atoms with Crippen LogP contribution in [-0.4, -0.2) is 34.0 Å². The molecule has 144 valence electrons. The van der Waals surface area contributed by atoms with Crippen LogP contribution < -0.4 is 0 Å². The molecule has 0 aliphatic rings. The number of aliphatic hydroxyl groups excluding tert-OH is 2. The third-order valence-electron chi connectivity index (χ3n) is 2.99. The van der Waals surface area contributed by atoms with Crippen LogP contribution in [0, 0.1) is 0 Å². The number of hydrogen-bond acceptors (Lipinski definition) is 3. The molecule has 0 bridgehead atoms. The number of carbonyl (C=O) groups is 1. The van der Waals surface area contributed by atoms with E-state index in [9.17, 15) is 4.79 Å². The lowest BCUT2D eigenvalue weighted by molar-refractivity contribution is -0.137. The summed E-state index contributed by atoms with van der Waals surface area (Å²) in [4.78, 5) is 10.3. The van der Waals surface area contributed by atoms with Crippen LogP contribution >= 0.6 is 0 Å². The number of hydrogen-bond donors (Lipinski definition) is 3. The summed E-state index contributed by atoms with van der Waals surface area (Å²) < 4.78 is 0. The first-order chi connectivity index (χ1) is 12.0. The molecule has 0 aromatic carbocycles. The van der Waals surface area contributed by atoms with Crippen molar-refractivity contribution in [2.45, 2.75) is 71.3 Å². The zero-order valence-electron chi connectivity index (χ0n) is 15.8. The lowest BCUT2D eigenvalue weighted by Crippen LogP contribution is -2.03. The number of rotatable bonds is 13. The standard InChI is InChI=1S/C18H28O2.C3H8O2/c1-2-3-4-5-6-7-8-9-10-11-12-13-14-15-16-17-18(19)20;1-3(5)2-4/h3-4,6-7,9-10,12-13H,2,5,8,11,14-17H2,1H3,(H,19,20);3-5H,2H2,1H3/b4-3-,7-6-,10-9-,13-12-;. The van der Waals surface area contributed by atoms with Crippen molar-refractivity contribution in [2.75, 3.05) is 6.61 Å².